The normalized spacial score (nSPS) is 21.1. The molecule has 9 nitrogen and oxygen atoms in total. The molecule has 0 spiro atoms. The molecule has 0 aliphatic carbocycles. The zero-order valence-corrected chi connectivity index (χ0v) is 20.7. The molecule has 4 amide bonds. The van der Waals surface area contributed by atoms with Gasteiger partial charge in [-0.05, 0) is 62.8 Å². The van der Waals surface area contributed by atoms with Crippen LogP contribution in [0.15, 0.2) is 53.4 Å². The average molecular weight is 499 g/mol. The summed E-state index contributed by atoms with van der Waals surface area (Å²) in [6.07, 6.45) is 3.52. The van der Waals surface area contributed by atoms with Gasteiger partial charge in [-0.1, -0.05) is 42.8 Å². The summed E-state index contributed by atoms with van der Waals surface area (Å²) in [6, 6.07) is 13.2. The highest BCUT2D eigenvalue weighted by Crippen LogP contribution is 2.25. The molecule has 35 heavy (non-hydrogen) atoms. The molecule has 2 aliphatic heterocycles. The fraction of sp³-hybridized carbons (Fsp3) is 0.400. The zero-order chi connectivity index (χ0) is 25.2. The molecule has 0 bridgehead atoms. The molecule has 2 heterocycles. The van der Waals surface area contributed by atoms with E-state index in [4.69, 9.17) is 0 Å². The van der Waals surface area contributed by atoms with Gasteiger partial charge in [0.05, 0.1) is 4.90 Å². The van der Waals surface area contributed by atoms with Crippen LogP contribution in [0, 0.1) is 6.92 Å². The van der Waals surface area contributed by atoms with Gasteiger partial charge in [-0.2, -0.15) is 9.31 Å². The van der Waals surface area contributed by atoms with E-state index < -0.39 is 33.4 Å². The Bertz CT molecular complexity index is 1240. The van der Waals surface area contributed by atoms with Gasteiger partial charge >= 0.3 is 6.03 Å². The van der Waals surface area contributed by atoms with Crippen LogP contribution in [0.3, 0.4) is 0 Å². The van der Waals surface area contributed by atoms with Crippen molar-refractivity contribution in [2.45, 2.75) is 56.4 Å². The fourth-order valence-corrected chi connectivity index (χ4v) is 6.19. The van der Waals surface area contributed by atoms with Crippen molar-refractivity contribution in [3.63, 3.8) is 0 Å². The van der Waals surface area contributed by atoms with E-state index in [1.165, 1.54) is 16.4 Å². The maximum atomic E-state index is 13.2. The third-order valence-electron chi connectivity index (χ3n) is 6.61. The van der Waals surface area contributed by atoms with Gasteiger partial charge in [0.2, 0.25) is 10.0 Å². The molecule has 10 heteroatoms. The molecule has 186 valence electrons. The molecule has 2 aromatic carbocycles. The maximum Gasteiger partial charge on any atom is 0.344 e. The van der Waals surface area contributed by atoms with Crippen LogP contribution in [0.25, 0.3) is 0 Å². The van der Waals surface area contributed by atoms with E-state index in [-0.39, 0.29) is 10.5 Å². The maximum absolute atomic E-state index is 13.2. The Kier molecular flexibility index (Phi) is 6.95. The summed E-state index contributed by atoms with van der Waals surface area (Å²) in [4.78, 5) is 38.6. The lowest BCUT2D eigenvalue weighted by molar-refractivity contribution is -0.132. The SMILES string of the molecule is Cc1ccc(C(=O)NN2C(=O)NC(C)(CCc3ccccc3)C2=O)cc1S(=O)(=O)N1CCCCC1. The number of carbonyl (C=O) groups excluding carboxylic acids is 3. The van der Waals surface area contributed by atoms with Gasteiger partial charge in [-0.15, -0.1) is 0 Å². The first-order valence-corrected chi connectivity index (χ1v) is 13.2. The molecular formula is C25H30N4O5S. The Morgan fingerprint density at radius 1 is 1.06 bits per heavy atom. The number of imide groups is 1. The smallest absolute Gasteiger partial charge is 0.322 e. The monoisotopic (exact) mass is 498 g/mol. The number of nitrogens with one attached hydrogen (secondary N) is 2. The van der Waals surface area contributed by atoms with Gasteiger partial charge in [-0.3, -0.25) is 15.0 Å². The number of hydrogen-bond acceptors (Lipinski definition) is 5. The quantitative estimate of drug-likeness (QED) is 0.570. The van der Waals surface area contributed by atoms with E-state index in [1.807, 2.05) is 30.3 Å². The summed E-state index contributed by atoms with van der Waals surface area (Å²) in [5, 5.41) is 3.34. The van der Waals surface area contributed by atoms with Gasteiger partial charge in [0.25, 0.3) is 11.8 Å². The van der Waals surface area contributed by atoms with Crippen molar-refractivity contribution in [1.82, 2.24) is 20.1 Å². The molecule has 2 aliphatic rings. The molecule has 0 radical (unpaired) electrons. The predicted molar refractivity (Wildman–Crippen MR) is 130 cm³/mol. The summed E-state index contributed by atoms with van der Waals surface area (Å²) in [5.41, 5.74) is 2.78. The number of hydrogen-bond donors (Lipinski definition) is 2. The molecule has 0 saturated carbocycles. The molecule has 2 saturated heterocycles. The van der Waals surface area contributed by atoms with E-state index in [1.54, 1.807) is 19.9 Å². The topological polar surface area (TPSA) is 116 Å². The summed E-state index contributed by atoms with van der Waals surface area (Å²) in [6.45, 7) is 4.19. The van der Waals surface area contributed by atoms with E-state index >= 15 is 0 Å². The van der Waals surface area contributed by atoms with Crippen LogP contribution in [0.2, 0.25) is 0 Å². The highest BCUT2D eigenvalue weighted by atomic mass is 32.2. The number of sulfonamides is 1. The van der Waals surface area contributed by atoms with Crippen molar-refractivity contribution in [2.24, 2.45) is 0 Å². The van der Waals surface area contributed by atoms with Crippen LogP contribution in [0.4, 0.5) is 4.79 Å². The number of rotatable bonds is 7. The van der Waals surface area contributed by atoms with Gasteiger partial charge < -0.3 is 5.32 Å². The molecular weight excluding hydrogens is 468 g/mol. The van der Waals surface area contributed by atoms with Crippen LogP contribution in [0.1, 0.15) is 54.1 Å². The first-order chi connectivity index (χ1) is 16.6. The second kappa shape index (κ2) is 9.79. The van der Waals surface area contributed by atoms with Gasteiger partial charge in [0.1, 0.15) is 5.54 Å². The molecule has 1 atom stereocenters. The molecule has 2 fully saturated rings. The predicted octanol–water partition coefficient (Wildman–Crippen LogP) is 2.76. The number of hydrazine groups is 1. The Hall–Kier alpha value is -3.24. The zero-order valence-electron chi connectivity index (χ0n) is 19.9. The molecule has 0 aromatic heterocycles. The van der Waals surface area contributed by atoms with Crippen LogP contribution in [-0.4, -0.2) is 54.2 Å². The van der Waals surface area contributed by atoms with Crippen molar-refractivity contribution in [3.05, 3.63) is 65.2 Å². The third kappa shape index (κ3) is 5.08. The second-order valence-electron chi connectivity index (χ2n) is 9.27. The Morgan fingerprint density at radius 3 is 2.43 bits per heavy atom. The van der Waals surface area contributed by atoms with Crippen LogP contribution in [0.5, 0.6) is 0 Å². The standard InChI is InChI=1S/C25H30N4O5S/c1-18-11-12-20(17-21(18)35(33,34)28-15-7-4-8-16-28)22(30)27-29-23(31)25(2,26-24(29)32)14-13-19-9-5-3-6-10-19/h3,5-6,9-12,17H,4,7-8,13-16H2,1-2H3,(H,26,32)(H,27,30). The van der Waals surface area contributed by atoms with Crippen molar-refractivity contribution in [1.29, 1.82) is 0 Å². The van der Waals surface area contributed by atoms with Crippen molar-refractivity contribution in [2.75, 3.05) is 13.1 Å². The Labute approximate surface area is 205 Å². The first kappa shape index (κ1) is 24.9. The van der Waals surface area contributed by atoms with Crippen LogP contribution >= 0.6 is 0 Å². The number of amides is 4. The summed E-state index contributed by atoms with van der Waals surface area (Å²) in [5.74, 6) is -1.31. The van der Waals surface area contributed by atoms with Crippen LogP contribution < -0.4 is 10.7 Å². The van der Waals surface area contributed by atoms with E-state index in [0.29, 0.717) is 36.5 Å². The van der Waals surface area contributed by atoms with Crippen LogP contribution in [-0.2, 0) is 21.2 Å². The molecule has 4 rings (SSSR count). The first-order valence-electron chi connectivity index (χ1n) is 11.7. The Morgan fingerprint density at radius 2 is 1.74 bits per heavy atom. The largest absolute Gasteiger partial charge is 0.344 e. The summed E-state index contributed by atoms with van der Waals surface area (Å²) >= 11 is 0. The lowest BCUT2D eigenvalue weighted by Gasteiger charge is -2.26. The highest BCUT2D eigenvalue weighted by molar-refractivity contribution is 7.89. The van der Waals surface area contributed by atoms with Crippen molar-refractivity contribution >= 4 is 27.9 Å². The highest BCUT2D eigenvalue weighted by Gasteiger charge is 2.48. The molecule has 2 aromatic rings. The fourth-order valence-electron chi connectivity index (χ4n) is 4.42. The number of piperidine rings is 1. The Balaban J connectivity index is 1.49. The molecule has 1 unspecified atom stereocenters. The van der Waals surface area contributed by atoms with E-state index in [9.17, 15) is 22.8 Å². The van der Waals surface area contributed by atoms with Gasteiger partial charge in [0, 0.05) is 18.7 Å². The number of benzene rings is 2. The number of aryl methyl sites for hydroxylation is 2. The number of urea groups is 1. The summed E-state index contributed by atoms with van der Waals surface area (Å²) in [7, 11) is -3.76. The third-order valence-corrected chi connectivity index (χ3v) is 8.65. The minimum absolute atomic E-state index is 0.0460. The summed E-state index contributed by atoms with van der Waals surface area (Å²) < 4.78 is 27.8. The number of carbonyl (C=O) groups is 3. The van der Waals surface area contributed by atoms with Crippen molar-refractivity contribution in [3.8, 4) is 0 Å². The van der Waals surface area contributed by atoms with Gasteiger partial charge in [-0.25, -0.2) is 13.2 Å². The van der Waals surface area contributed by atoms with Crippen molar-refractivity contribution < 1.29 is 22.8 Å². The molecule has 2 N–H and O–H groups in total. The average Bonchev–Trinajstić information content (AvgIpc) is 3.07. The lowest BCUT2D eigenvalue weighted by Crippen LogP contribution is -2.49. The van der Waals surface area contributed by atoms with Gasteiger partial charge in [0.15, 0.2) is 0 Å². The minimum atomic E-state index is -3.76. The lowest BCUT2D eigenvalue weighted by atomic mass is 9.93. The minimum Gasteiger partial charge on any atom is -0.322 e. The van der Waals surface area contributed by atoms with E-state index in [2.05, 4.69) is 10.7 Å². The number of nitrogens with zero attached hydrogens (tertiary/aromatic N) is 2. The second-order valence-corrected chi connectivity index (χ2v) is 11.2. The van der Waals surface area contributed by atoms with E-state index in [0.717, 1.165) is 24.8 Å².